The van der Waals surface area contributed by atoms with Gasteiger partial charge in [0.15, 0.2) is 0 Å². The summed E-state index contributed by atoms with van der Waals surface area (Å²) in [7, 11) is 0. The van der Waals surface area contributed by atoms with Gasteiger partial charge in [-0.2, -0.15) is 0 Å². The molecule has 230 valence electrons. The first-order chi connectivity index (χ1) is 24.3. The lowest BCUT2D eigenvalue weighted by atomic mass is 9.97. The van der Waals surface area contributed by atoms with Crippen LogP contribution in [0.2, 0.25) is 0 Å². The van der Waals surface area contributed by atoms with Crippen LogP contribution in [0.15, 0.2) is 176 Å². The standard InChI is InChI=1S/C46H29NS2/c1-2-10-31(11-3-1)36-12-4-7-15-41(36)47(35-25-26-38-37-13-5-8-16-42(37)49-45(38)29-35)34-23-20-30(21-24-34)33-19-18-32-22-27-44-46(40(32)28-33)39-14-6-9-17-43(39)48-44/h1-29H. The number of nitrogens with zero attached hydrogens (tertiary/aromatic N) is 1. The number of thiophene rings is 2. The smallest absolute Gasteiger partial charge is 0.0540 e. The molecule has 0 spiro atoms. The number of hydrogen-bond donors (Lipinski definition) is 0. The Bertz CT molecular complexity index is 2830. The van der Waals surface area contributed by atoms with E-state index in [1.807, 2.05) is 22.7 Å². The van der Waals surface area contributed by atoms with Gasteiger partial charge in [-0.1, -0.05) is 121 Å². The maximum Gasteiger partial charge on any atom is 0.0540 e. The maximum absolute atomic E-state index is 2.41. The second-order valence-electron chi connectivity index (χ2n) is 12.5. The first-order valence-corrected chi connectivity index (χ1v) is 18.2. The van der Waals surface area contributed by atoms with Crippen molar-refractivity contribution in [3.05, 3.63) is 176 Å². The Morgan fingerprint density at radius 1 is 0.347 bits per heavy atom. The zero-order valence-corrected chi connectivity index (χ0v) is 28.1. The fourth-order valence-electron chi connectivity index (χ4n) is 7.34. The molecule has 0 radical (unpaired) electrons. The summed E-state index contributed by atoms with van der Waals surface area (Å²) >= 11 is 3.74. The first-order valence-electron chi connectivity index (χ1n) is 16.6. The van der Waals surface area contributed by atoms with E-state index in [1.54, 1.807) is 0 Å². The van der Waals surface area contributed by atoms with Crippen LogP contribution in [0.4, 0.5) is 17.1 Å². The minimum atomic E-state index is 1.12. The topological polar surface area (TPSA) is 3.24 Å². The number of hydrogen-bond acceptors (Lipinski definition) is 3. The molecule has 49 heavy (non-hydrogen) atoms. The van der Waals surface area contributed by atoms with Gasteiger partial charge in [0.2, 0.25) is 0 Å². The summed E-state index contributed by atoms with van der Waals surface area (Å²) < 4.78 is 5.29. The second-order valence-corrected chi connectivity index (χ2v) is 14.7. The molecule has 0 N–H and O–H groups in total. The molecule has 0 saturated heterocycles. The highest BCUT2D eigenvalue weighted by Gasteiger charge is 2.19. The van der Waals surface area contributed by atoms with Gasteiger partial charge in [0.1, 0.15) is 0 Å². The largest absolute Gasteiger partial charge is 0.310 e. The number of anilines is 3. The minimum absolute atomic E-state index is 1.12. The van der Waals surface area contributed by atoms with Crippen LogP contribution in [0.1, 0.15) is 0 Å². The summed E-state index contributed by atoms with van der Waals surface area (Å²) in [6.45, 7) is 0. The van der Waals surface area contributed by atoms with Crippen molar-refractivity contribution in [1.29, 1.82) is 0 Å². The van der Waals surface area contributed by atoms with Crippen LogP contribution in [-0.2, 0) is 0 Å². The van der Waals surface area contributed by atoms with Gasteiger partial charge in [-0.05, 0) is 82.1 Å². The van der Waals surface area contributed by atoms with Crippen LogP contribution >= 0.6 is 22.7 Å². The Morgan fingerprint density at radius 2 is 0.980 bits per heavy atom. The highest BCUT2D eigenvalue weighted by atomic mass is 32.1. The fourth-order valence-corrected chi connectivity index (χ4v) is 9.60. The Hall–Kier alpha value is -5.74. The van der Waals surface area contributed by atoms with Crippen molar-refractivity contribution in [1.82, 2.24) is 0 Å². The number of benzene rings is 8. The molecule has 3 heteroatoms. The summed E-state index contributed by atoms with van der Waals surface area (Å²) in [5.74, 6) is 0. The molecule has 0 aliphatic rings. The monoisotopic (exact) mass is 659 g/mol. The Balaban J connectivity index is 1.12. The molecule has 0 amide bonds. The van der Waals surface area contributed by atoms with Gasteiger partial charge in [0, 0.05) is 57.3 Å². The quantitative estimate of drug-likeness (QED) is 0.178. The van der Waals surface area contributed by atoms with Crippen LogP contribution in [-0.4, -0.2) is 0 Å². The third kappa shape index (κ3) is 4.74. The van der Waals surface area contributed by atoms with Crippen LogP contribution < -0.4 is 4.90 Å². The van der Waals surface area contributed by atoms with E-state index in [-0.39, 0.29) is 0 Å². The maximum atomic E-state index is 2.41. The van der Waals surface area contributed by atoms with Gasteiger partial charge >= 0.3 is 0 Å². The van der Waals surface area contributed by atoms with E-state index in [9.17, 15) is 0 Å². The molecule has 2 aromatic heterocycles. The van der Waals surface area contributed by atoms with Crippen LogP contribution in [0.3, 0.4) is 0 Å². The van der Waals surface area contributed by atoms with E-state index in [4.69, 9.17) is 0 Å². The normalized spacial score (nSPS) is 11.7. The molecular weight excluding hydrogens is 631 g/mol. The summed E-state index contributed by atoms with van der Waals surface area (Å²) in [6.07, 6.45) is 0. The van der Waals surface area contributed by atoms with Crippen molar-refractivity contribution >= 4 is 90.9 Å². The zero-order valence-electron chi connectivity index (χ0n) is 26.5. The molecule has 0 aliphatic carbocycles. The summed E-state index contributed by atoms with van der Waals surface area (Å²) in [5, 5.41) is 7.90. The van der Waals surface area contributed by atoms with E-state index in [2.05, 4.69) is 181 Å². The second kappa shape index (κ2) is 11.5. The van der Waals surface area contributed by atoms with Crippen LogP contribution in [0.25, 0.3) is 73.4 Å². The lowest BCUT2D eigenvalue weighted by molar-refractivity contribution is 1.29. The molecule has 2 heterocycles. The molecule has 8 aromatic carbocycles. The van der Waals surface area contributed by atoms with Crippen molar-refractivity contribution in [2.45, 2.75) is 0 Å². The van der Waals surface area contributed by atoms with E-state index < -0.39 is 0 Å². The highest BCUT2D eigenvalue weighted by Crippen LogP contribution is 2.44. The van der Waals surface area contributed by atoms with Gasteiger partial charge in [0.05, 0.1) is 5.69 Å². The average molecular weight is 660 g/mol. The molecule has 0 atom stereocenters. The van der Waals surface area contributed by atoms with Crippen molar-refractivity contribution in [3.8, 4) is 22.3 Å². The summed E-state index contributed by atoms with van der Waals surface area (Å²) in [6, 6.07) is 64.4. The van der Waals surface area contributed by atoms with E-state index in [1.165, 1.54) is 73.4 Å². The third-order valence-corrected chi connectivity index (χ3v) is 11.9. The van der Waals surface area contributed by atoms with E-state index in [0.717, 1.165) is 17.1 Å². The highest BCUT2D eigenvalue weighted by molar-refractivity contribution is 7.26. The molecule has 0 aliphatic heterocycles. The van der Waals surface area contributed by atoms with Crippen LogP contribution in [0, 0.1) is 0 Å². The van der Waals surface area contributed by atoms with Crippen molar-refractivity contribution in [2.24, 2.45) is 0 Å². The Morgan fingerprint density at radius 3 is 1.84 bits per heavy atom. The molecule has 10 rings (SSSR count). The molecule has 10 aromatic rings. The van der Waals surface area contributed by atoms with E-state index in [0.29, 0.717) is 0 Å². The van der Waals surface area contributed by atoms with Crippen molar-refractivity contribution in [2.75, 3.05) is 4.90 Å². The zero-order chi connectivity index (χ0) is 32.3. The van der Waals surface area contributed by atoms with Gasteiger partial charge in [-0.3, -0.25) is 0 Å². The van der Waals surface area contributed by atoms with Gasteiger partial charge in [-0.15, -0.1) is 22.7 Å². The number of fused-ring (bicyclic) bond motifs is 8. The predicted octanol–water partition coefficient (Wildman–Crippen LogP) is 14.4. The van der Waals surface area contributed by atoms with E-state index >= 15 is 0 Å². The van der Waals surface area contributed by atoms with Crippen molar-refractivity contribution in [3.63, 3.8) is 0 Å². The van der Waals surface area contributed by atoms with Gasteiger partial charge in [-0.25, -0.2) is 0 Å². The lowest BCUT2D eigenvalue weighted by Gasteiger charge is -2.28. The molecular formula is C46H29NS2. The predicted molar refractivity (Wildman–Crippen MR) is 215 cm³/mol. The molecule has 0 fully saturated rings. The molecule has 0 saturated carbocycles. The Kier molecular flexibility index (Phi) is 6.61. The Labute approximate surface area is 292 Å². The van der Waals surface area contributed by atoms with Gasteiger partial charge in [0.25, 0.3) is 0 Å². The molecule has 0 unspecified atom stereocenters. The summed E-state index contributed by atoms with van der Waals surface area (Å²) in [5.41, 5.74) is 8.26. The van der Waals surface area contributed by atoms with Crippen LogP contribution in [0.5, 0.6) is 0 Å². The van der Waals surface area contributed by atoms with Crippen molar-refractivity contribution < 1.29 is 0 Å². The molecule has 1 nitrogen and oxygen atoms in total. The first kappa shape index (κ1) is 28.3. The van der Waals surface area contributed by atoms with Gasteiger partial charge < -0.3 is 4.90 Å². The SMILES string of the molecule is c1ccc(-c2ccccc2N(c2ccc(-c3ccc4ccc5sc6ccccc6c5c4c3)cc2)c2ccc3c(c2)sc2ccccc23)cc1. The molecule has 0 bridgehead atoms. The number of rotatable bonds is 5. The summed E-state index contributed by atoms with van der Waals surface area (Å²) in [4.78, 5) is 2.41. The minimum Gasteiger partial charge on any atom is -0.310 e. The third-order valence-electron chi connectivity index (χ3n) is 9.67. The fraction of sp³-hybridized carbons (Fsp3) is 0. The number of para-hydroxylation sites is 1. The lowest BCUT2D eigenvalue weighted by Crippen LogP contribution is -2.11. The average Bonchev–Trinajstić information content (AvgIpc) is 3.74.